The number of H-pyrrole nitrogens is 1. The third kappa shape index (κ3) is 3.15. The number of fused-ring (bicyclic) bond motifs is 1. The zero-order valence-corrected chi connectivity index (χ0v) is 15.0. The second-order valence-corrected chi connectivity index (χ2v) is 6.60. The van der Waals surface area contributed by atoms with Crippen molar-refractivity contribution in [2.24, 2.45) is 0 Å². The Morgan fingerprint density at radius 2 is 2.00 bits per heavy atom. The zero-order valence-electron chi connectivity index (χ0n) is 15.0. The zero-order chi connectivity index (χ0) is 19.9. The Balaban J connectivity index is 1.76. The Kier molecular flexibility index (Phi) is 4.41. The molecular formula is C20H17F3N4O. The van der Waals surface area contributed by atoms with Crippen LogP contribution in [0.15, 0.2) is 36.5 Å². The van der Waals surface area contributed by atoms with Crippen LogP contribution in [0.5, 0.6) is 0 Å². The van der Waals surface area contributed by atoms with E-state index >= 15 is 0 Å². The maximum Gasteiger partial charge on any atom is 0.273 e. The second kappa shape index (κ2) is 6.78. The van der Waals surface area contributed by atoms with Gasteiger partial charge in [0.25, 0.3) is 11.8 Å². The maximum absolute atomic E-state index is 14.3. The molecule has 0 unspecified atom stereocenters. The van der Waals surface area contributed by atoms with E-state index < -0.39 is 18.2 Å². The molecule has 0 saturated heterocycles. The van der Waals surface area contributed by atoms with Crippen LogP contribution in [-0.4, -0.2) is 27.4 Å². The lowest BCUT2D eigenvalue weighted by Crippen LogP contribution is -2.31. The van der Waals surface area contributed by atoms with E-state index in [-0.39, 0.29) is 22.9 Å². The molecule has 2 aromatic heterocycles. The number of halogens is 3. The van der Waals surface area contributed by atoms with Crippen molar-refractivity contribution in [1.82, 2.24) is 20.3 Å². The topological polar surface area (TPSA) is 70.7 Å². The van der Waals surface area contributed by atoms with E-state index in [1.165, 1.54) is 13.1 Å². The number of amides is 1. The molecule has 0 radical (unpaired) electrons. The Morgan fingerprint density at radius 1 is 1.18 bits per heavy atom. The molecular weight excluding hydrogens is 369 g/mol. The first kappa shape index (κ1) is 18.2. The molecule has 3 heterocycles. The predicted octanol–water partition coefficient (Wildman–Crippen LogP) is 4.07. The van der Waals surface area contributed by atoms with Gasteiger partial charge in [-0.3, -0.25) is 4.79 Å². The second-order valence-electron chi connectivity index (χ2n) is 6.60. The van der Waals surface area contributed by atoms with Crippen LogP contribution < -0.4 is 5.32 Å². The summed E-state index contributed by atoms with van der Waals surface area (Å²) in [6, 6.07) is 6.45. The molecule has 28 heavy (non-hydrogen) atoms. The molecule has 0 atom stereocenters. The normalized spacial score (nSPS) is 13.9. The highest BCUT2D eigenvalue weighted by Crippen LogP contribution is 2.34. The first-order chi connectivity index (χ1) is 13.4. The number of rotatable bonds is 4. The Morgan fingerprint density at radius 3 is 2.75 bits per heavy atom. The van der Waals surface area contributed by atoms with Crippen molar-refractivity contribution in [2.75, 3.05) is 6.54 Å². The van der Waals surface area contributed by atoms with Crippen molar-refractivity contribution in [1.29, 1.82) is 0 Å². The van der Waals surface area contributed by atoms with Gasteiger partial charge < -0.3 is 10.3 Å². The number of alkyl halides is 2. The highest BCUT2D eigenvalue weighted by atomic mass is 19.3. The van der Waals surface area contributed by atoms with E-state index in [4.69, 9.17) is 0 Å². The Labute approximate surface area is 159 Å². The van der Waals surface area contributed by atoms with E-state index in [1.54, 1.807) is 12.1 Å². The monoisotopic (exact) mass is 386 g/mol. The van der Waals surface area contributed by atoms with Crippen molar-refractivity contribution in [3.05, 3.63) is 59.2 Å². The fourth-order valence-corrected chi connectivity index (χ4v) is 3.20. The van der Waals surface area contributed by atoms with Gasteiger partial charge in [0.2, 0.25) is 0 Å². The van der Waals surface area contributed by atoms with E-state index in [9.17, 15) is 18.0 Å². The summed E-state index contributed by atoms with van der Waals surface area (Å²) in [5.74, 6) is -3.91. The minimum absolute atomic E-state index is 0.000719. The molecule has 0 saturated carbocycles. The number of carbonyl (C=O) groups is 1. The molecule has 1 aromatic carbocycles. The third-order valence-corrected chi connectivity index (χ3v) is 4.81. The smallest absolute Gasteiger partial charge is 0.273 e. The van der Waals surface area contributed by atoms with Crippen molar-refractivity contribution in [3.8, 4) is 22.8 Å². The van der Waals surface area contributed by atoms with E-state index in [2.05, 4.69) is 20.3 Å². The Hall–Kier alpha value is -3.16. The van der Waals surface area contributed by atoms with Crippen molar-refractivity contribution < 1.29 is 18.0 Å². The number of hydrogen-bond donors (Lipinski definition) is 2. The van der Waals surface area contributed by atoms with Crippen LogP contribution in [-0.2, 0) is 12.3 Å². The molecule has 4 rings (SSSR count). The van der Waals surface area contributed by atoms with Crippen LogP contribution in [0.25, 0.3) is 22.8 Å². The molecule has 0 aliphatic carbocycles. The van der Waals surface area contributed by atoms with Gasteiger partial charge in [-0.1, -0.05) is 13.0 Å². The molecule has 1 aliphatic heterocycles. The first-order valence-electron chi connectivity index (χ1n) is 8.91. The first-order valence-corrected chi connectivity index (χ1v) is 8.91. The maximum atomic E-state index is 14.3. The van der Waals surface area contributed by atoms with Crippen LogP contribution in [0.3, 0.4) is 0 Å². The molecule has 1 aliphatic rings. The fourth-order valence-electron chi connectivity index (χ4n) is 3.20. The van der Waals surface area contributed by atoms with Gasteiger partial charge in [0.1, 0.15) is 5.82 Å². The quantitative estimate of drug-likeness (QED) is 0.710. The summed E-state index contributed by atoms with van der Waals surface area (Å²) in [4.78, 5) is 23.5. The average molecular weight is 386 g/mol. The van der Waals surface area contributed by atoms with Crippen molar-refractivity contribution >= 4 is 5.91 Å². The van der Waals surface area contributed by atoms with E-state index in [1.807, 2.05) is 0 Å². The molecule has 1 amide bonds. The summed E-state index contributed by atoms with van der Waals surface area (Å²) < 4.78 is 42.4. The van der Waals surface area contributed by atoms with E-state index in [0.29, 0.717) is 29.9 Å². The van der Waals surface area contributed by atoms with Gasteiger partial charge in [-0.05, 0) is 24.3 Å². The minimum Gasteiger partial charge on any atom is -0.356 e. The molecule has 3 aromatic rings. The summed E-state index contributed by atoms with van der Waals surface area (Å²) in [6.45, 7) is 1.91. The van der Waals surface area contributed by atoms with E-state index in [0.717, 1.165) is 23.9 Å². The summed E-state index contributed by atoms with van der Waals surface area (Å²) in [6.07, 6.45) is 1.71. The number of benzene rings is 1. The van der Waals surface area contributed by atoms with Crippen molar-refractivity contribution in [2.45, 2.75) is 25.7 Å². The lowest BCUT2D eigenvalue weighted by molar-refractivity contribution is -0.00829. The minimum atomic E-state index is -3.06. The molecule has 8 heteroatoms. The van der Waals surface area contributed by atoms with Gasteiger partial charge in [-0.2, -0.15) is 0 Å². The van der Waals surface area contributed by atoms with Gasteiger partial charge in [-0.15, -0.1) is 0 Å². The van der Waals surface area contributed by atoms with Crippen LogP contribution in [0.1, 0.15) is 35.0 Å². The predicted molar refractivity (Wildman–Crippen MR) is 97.4 cm³/mol. The number of nitrogens with zero attached hydrogens (tertiary/aromatic N) is 2. The van der Waals surface area contributed by atoms with Crippen LogP contribution in [0.4, 0.5) is 13.2 Å². The van der Waals surface area contributed by atoms with Gasteiger partial charge in [-0.25, -0.2) is 23.1 Å². The summed E-state index contributed by atoms with van der Waals surface area (Å²) in [5, 5.41) is 2.76. The summed E-state index contributed by atoms with van der Waals surface area (Å²) in [5.41, 5.74) is 1.99. The molecule has 5 nitrogen and oxygen atoms in total. The molecule has 0 spiro atoms. The number of aromatic amines is 1. The van der Waals surface area contributed by atoms with Gasteiger partial charge in [0, 0.05) is 36.8 Å². The SMILES string of the molecule is CCC(F)(F)c1ccc(F)c(-c2nccc(-c3cc4c([nH]3)CCNC4=O)n2)c1. The highest BCUT2D eigenvalue weighted by molar-refractivity contribution is 5.97. The highest BCUT2D eigenvalue weighted by Gasteiger charge is 2.30. The van der Waals surface area contributed by atoms with Gasteiger partial charge in [0.15, 0.2) is 5.82 Å². The van der Waals surface area contributed by atoms with Crippen LogP contribution in [0, 0.1) is 5.82 Å². The van der Waals surface area contributed by atoms with Crippen LogP contribution in [0.2, 0.25) is 0 Å². The van der Waals surface area contributed by atoms with Gasteiger partial charge in [0.05, 0.1) is 22.5 Å². The average Bonchev–Trinajstić information content (AvgIpc) is 3.14. The summed E-state index contributed by atoms with van der Waals surface area (Å²) >= 11 is 0. The molecule has 144 valence electrons. The molecule has 2 N–H and O–H groups in total. The number of nitrogens with one attached hydrogen (secondary N) is 2. The Bertz CT molecular complexity index is 1060. The van der Waals surface area contributed by atoms with Gasteiger partial charge >= 0.3 is 0 Å². The standard InChI is InChI=1S/C20H17F3N4O/c1-2-20(22,23)11-3-4-14(21)12(9-11)18-24-7-6-16(27-18)17-10-13-15(26-17)5-8-25-19(13)28/h3-4,6-7,9-10,26H,2,5,8H2,1H3,(H,25,28). The number of carbonyl (C=O) groups excluding carboxylic acids is 1. The lowest BCUT2D eigenvalue weighted by atomic mass is 10.0. The number of hydrogen-bond acceptors (Lipinski definition) is 3. The number of aromatic nitrogens is 3. The van der Waals surface area contributed by atoms with Crippen molar-refractivity contribution in [3.63, 3.8) is 0 Å². The lowest BCUT2D eigenvalue weighted by Gasteiger charge is -2.15. The molecule has 0 bridgehead atoms. The molecule has 0 fully saturated rings. The van der Waals surface area contributed by atoms with Crippen LogP contribution >= 0.6 is 0 Å². The summed E-state index contributed by atoms with van der Waals surface area (Å²) in [7, 11) is 0. The fraction of sp³-hybridized carbons (Fsp3) is 0.250. The third-order valence-electron chi connectivity index (χ3n) is 4.81. The largest absolute Gasteiger partial charge is 0.356 e.